The lowest BCUT2D eigenvalue weighted by Crippen LogP contribution is -2.30. The number of nitrogens with one attached hydrogen (secondary N) is 1. The van der Waals surface area contributed by atoms with Crippen molar-refractivity contribution in [2.45, 2.75) is 19.1 Å². The van der Waals surface area contributed by atoms with Crippen LogP contribution in [0.4, 0.5) is 28.0 Å². The van der Waals surface area contributed by atoms with Crippen LogP contribution in [0.3, 0.4) is 0 Å². The zero-order valence-electron chi connectivity index (χ0n) is 23.4. The second-order valence-corrected chi connectivity index (χ2v) is 9.83. The number of halogens is 4. The number of carbonyl (C=O) groups excluding carboxylic acids is 1. The first kappa shape index (κ1) is 29.6. The lowest BCUT2D eigenvalue weighted by atomic mass is 9.90. The van der Waals surface area contributed by atoms with E-state index in [4.69, 9.17) is 14.2 Å². The minimum absolute atomic E-state index is 0.00280. The van der Waals surface area contributed by atoms with Gasteiger partial charge in [0.25, 0.3) is 0 Å². The van der Waals surface area contributed by atoms with Crippen LogP contribution in [0, 0.1) is 0 Å². The van der Waals surface area contributed by atoms with E-state index in [-0.39, 0.29) is 24.0 Å². The van der Waals surface area contributed by atoms with Crippen LogP contribution in [0.25, 0.3) is 0 Å². The molecule has 2 amide bonds. The zero-order valence-corrected chi connectivity index (χ0v) is 23.4. The fourth-order valence-corrected chi connectivity index (χ4v) is 4.85. The molecule has 0 bridgehead atoms. The molecule has 45 heavy (non-hydrogen) atoms. The van der Waals surface area contributed by atoms with Gasteiger partial charge in [0.2, 0.25) is 0 Å². The third-order valence-electron chi connectivity index (χ3n) is 6.88. The summed E-state index contributed by atoms with van der Waals surface area (Å²) >= 11 is 0. The minimum atomic E-state index is -2.95. The van der Waals surface area contributed by atoms with Gasteiger partial charge >= 0.3 is 19.3 Å². The van der Waals surface area contributed by atoms with Gasteiger partial charge < -0.3 is 29.0 Å². The van der Waals surface area contributed by atoms with Gasteiger partial charge in [0, 0.05) is 11.6 Å². The Kier molecular flexibility index (Phi) is 8.58. The highest BCUT2D eigenvalue weighted by atomic mass is 19.3. The Morgan fingerprint density at radius 1 is 0.756 bits per heavy atom. The molecule has 6 rings (SSSR count). The number of rotatable bonds is 9. The summed E-state index contributed by atoms with van der Waals surface area (Å²) in [6.45, 7) is -4.82. The molecule has 0 saturated heterocycles. The molecule has 1 unspecified atom stereocenters. The summed E-state index contributed by atoms with van der Waals surface area (Å²) in [7, 11) is 0. The number of hydrazone groups is 1. The van der Waals surface area contributed by atoms with Crippen LogP contribution in [0.15, 0.2) is 96.1 Å². The van der Waals surface area contributed by atoms with E-state index in [0.29, 0.717) is 53.2 Å². The third kappa shape index (κ3) is 7.20. The van der Waals surface area contributed by atoms with Crippen molar-refractivity contribution in [2.24, 2.45) is 5.10 Å². The summed E-state index contributed by atoms with van der Waals surface area (Å²) in [5, 5.41) is 8.72. The van der Waals surface area contributed by atoms with Gasteiger partial charge in [0.05, 0.1) is 12.3 Å². The third-order valence-corrected chi connectivity index (χ3v) is 6.88. The van der Waals surface area contributed by atoms with Gasteiger partial charge in [-0.15, -0.1) is 0 Å². The number of amides is 2. The summed E-state index contributed by atoms with van der Waals surface area (Å²) in [4.78, 5) is 13.3. The number of urea groups is 1. The van der Waals surface area contributed by atoms with E-state index in [9.17, 15) is 22.4 Å². The minimum Gasteiger partial charge on any atom is -0.486 e. The van der Waals surface area contributed by atoms with Crippen molar-refractivity contribution in [1.82, 2.24) is 5.01 Å². The van der Waals surface area contributed by atoms with Crippen LogP contribution in [-0.2, 0) is 0 Å². The van der Waals surface area contributed by atoms with Crippen molar-refractivity contribution < 1.29 is 46.0 Å². The van der Waals surface area contributed by atoms with E-state index in [1.54, 1.807) is 42.5 Å². The Bertz CT molecular complexity index is 1670. The number of anilines is 1. The van der Waals surface area contributed by atoms with E-state index in [1.165, 1.54) is 41.4 Å². The molecule has 0 aliphatic carbocycles. The van der Waals surface area contributed by atoms with Crippen molar-refractivity contribution in [3.05, 3.63) is 102 Å². The normalized spacial score (nSPS) is 15.6. The molecule has 4 aromatic carbocycles. The SMILES string of the molecule is O=C(Nc1ccc(Oc2ccc(OC(F)F)cc2)cc1)N1CC(c2ccc3c(c2)OCCO3)C(c2ccc(OC(F)F)cc2)=N1. The molecule has 1 atom stereocenters. The first-order valence-corrected chi connectivity index (χ1v) is 13.8. The lowest BCUT2D eigenvalue weighted by Gasteiger charge is -2.21. The van der Waals surface area contributed by atoms with Crippen molar-refractivity contribution in [3.8, 4) is 34.5 Å². The molecular weight excluding hydrogens is 598 g/mol. The Balaban J connectivity index is 1.17. The van der Waals surface area contributed by atoms with Crippen molar-refractivity contribution in [3.63, 3.8) is 0 Å². The molecule has 9 nitrogen and oxygen atoms in total. The summed E-state index contributed by atoms with van der Waals surface area (Å²) in [6.07, 6.45) is 0. The Morgan fingerprint density at radius 2 is 1.31 bits per heavy atom. The maximum absolute atomic E-state index is 13.3. The molecule has 2 aliphatic heterocycles. The molecule has 2 aliphatic rings. The Labute approximate surface area is 254 Å². The smallest absolute Gasteiger partial charge is 0.387 e. The molecule has 0 radical (unpaired) electrons. The molecule has 13 heteroatoms. The first-order chi connectivity index (χ1) is 21.8. The summed E-state index contributed by atoms with van der Waals surface area (Å²) in [5.74, 6) is 1.72. The van der Waals surface area contributed by atoms with Gasteiger partial charge in [-0.05, 0) is 96.1 Å². The second-order valence-electron chi connectivity index (χ2n) is 9.83. The molecule has 0 saturated carbocycles. The highest BCUT2D eigenvalue weighted by molar-refractivity contribution is 6.08. The molecular formula is C32H25F4N3O6. The van der Waals surface area contributed by atoms with Crippen molar-refractivity contribution in [2.75, 3.05) is 25.1 Å². The van der Waals surface area contributed by atoms with Gasteiger partial charge in [0.1, 0.15) is 36.2 Å². The molecule has 0 spiro atoms. The lowest BCUT2D eigenvalue weighted by molar-refractivity contribution is -0.0505. The number of hydrogen-bond donors (Lipinski definition) is 1. The number of benzene rings is 4. The maximum atomic E-state index is 13.3. The average Bonchev–Trinajstić information content (AvgIpc) is 3.48. The molecule has 1 N–H and O–H groups in total. The number of hydrogen-bond acceptors (Lipinski definition) is 7. The quantitative estimate of drug-likeness (QED) is 0.194. The van der Waals surface area contributed by atoms with Crippen molar-refractivity contribution in [1.29, 1.82) is 0 Å². The predicted octanol–water partition coefficient (Wildman–Crippen LogP) is 7.49. The number of carbonyl (C=O) groups is 1. The van der Waals surface area contributed by atoms with Crippen LogP contribution in [0.2, 0.25) is 0 Å². The predicted molar refractivity (Wildman–Crippen MR) is 155 cm³/mol. The summed E-state index contributed by atoms with van der Waals surface area (Å²) in [5.41, 5.74) is 2.49. The van der Waals surface area contributed by atoms with E-state index >= 15 is 0 Å². The van der Waals surface area contributed by atoms with Gasteiger partial charge in [0.15, 0.2) is 11.5 Å². The molecule has 2 heterocycles. The number of alkyl halides is 4. The zero-order chi connectivity index (χ0) is 31.3. The monoisotopic (exact) mass is 623 g/mol. The van der Waals surface area contributed by atoms with E-state index in [0.717, 1.165) is 5.56 Å². The van der Waals surface area contributed by atoms with E-state index in [2.05, 4.69) is 19.9 Å². The van der Waals surface area contributed by atoms with E-state index in [1.807, 2.05) is 12.1 Å². The van der Waals surface area contributed by atoms with Crippen LogP contribution < -0.4 is 29.0 Å². The van der Waals surface area contributed by atoms with Gasteiger partial charge in [-0.3, -0.25) is 0 Å². The highest BCUT2D eigenvalue weighted by Crippen LogP contribution is 2.37. The average molecular weight is 624 g/mol. The summed E-state index contributed by atoms with van der Waals surface area (Å²) in [6, 6.07) is 23.4. The standard InChI is InChI=1S/C32H25F4N3O6/c33-30(34)44-24-6-1-19(2-7-24)29-26(20-3-14-27-28(17-20)42-16-15-41-27)18-39(38-29)32(40)37-21-4-8-22(9-5-21)43-23-10-12-25(13-11-23)45-31(35)36/h1-14,17,26,30-31H,15-16,18H2,(H,37,40). The van der Waals surface area contributed by atoms with E-state index < -0.39 is 19.3 Å². The fraction of sp³-hybridized carbons (Fsp3) is 0.188. The first-order valence-electron chi connectivity index (χ1n) is 13.8. The van der Waals surface area contributed by atoms with Crippen LogP contribution in [0.1, 0.15) is 17.0 Å². The van der Waals surface area contributed by atoms with Crippen LogP contribution >= 0.6 is 0 Å². The molecule has 0 fully saturated rings. The molecule has 232 valence electrons. The van der Waals surface area contributed by atoms with Crippen LogP contribution in [0.5, 0.6) is 34.5 Å². The van der Waals surface area contributed by atoms with Gasteiger partial charge in [-0.2, -0.15) is 22.7 Å². The fourth-order valence-electron chi connectivity index (χ4n) is 4.85. The largest absolute Gasteiger partial charge is 0.486 e. The molecule has 4 aromatic rings. The topological polar surface area (TPSA) is 90.9 Å². The van der Waals surface area contributed by atoms with Gasteiger partial charge in [-0.1, -0.05) is 6.07 Å². The molecule has 0 aromatic heterocycles. The van der Waals surface area contributed by atoms with Crippen molar-refractivity contribution >= 4 is 17.4 Å². The Hall–Kier alpha value is -5.46. The summed E-state index contributed by atoms with van der Waals surface area (Å²) < 4.78 is 76.0. The van der Waals surface area contributed by atoms with Crippen LogP contribution in [-0.4, -0.2) is 49.7 Å². The second kappa shape index (κ2) is 13.0. The number of nitrogens with zero attached hydrogens (tertiary/aromatic N) is 2. The highest BCUT2D eigenvalue weighted by Gasteiger charge is 2.33. The number of fused-ring (bicyclic) bond motifs is 1. The number of ether oxygens (including phenoxy) is 5. The Morgan fingerprint density at radius 3 is 1.93 bits per heavy atom. The van der Waals surface area contributed by atoms with Gasteiger partial charge in [-0.25, -0.2) is 9.80 Å². The maximum Gasteiger partial charge on any atom is 0.387 e.